The molecule has 0 fully saturated rings. The van der Waals surface area contributed by atoms with Crippen molar-refractivity contribution in [2.24, 2.45) is 0 Å². The van der Waals surface area contributed by atoms with E-state index in [9.17, 15) is 0 Å². The lowest BCUT2D eigenvalue weighted by Crippen LogP contribution is -1.90. The molecule has 1 aliphatic heterocycles. The average molecular weight is 140 g/mol. The molecule has 0 atom stereocenters. The third kappa shape index (κ3) is 10.3. The standard InChI is InChI=1S/C5H8O.C4H8/c1-2-4-6-5-3-1;1-4(2)3/h2,4H,1,3,5H2;1H2,2-3H3. The topological polar surface area (TPSA) is 9.23 Å². The molecular formula is C9H16O. The summed E-state index contributed by atoms with van der Waals surface area (Å²) < 4.78 is 4.89. The minimum atomic E-state index is 0.913. The van der Waals surface area contributed by atoms with Crippen LogP contribution in [0.15, 0.2) is 24.5 Å². The first kappa shape index (κ1) is 9.28. The van der Waals surface area contributed by atoms with Gasteiger partial charge in [-0.15, -0.1) is 6.58 Å². The highest BCUT2D eigenvalue weighted by atomic mass is 16.5. The summed E-state index contributed by atoms with van der Waals surface area (Å²) in [5.74, 6) is 0. The highest BCUT2D eigenvalue weighted by Crippen LogP contribution is 1.97. The van der Waals surface area contributed by atoms with Crippen molar-refractivity contribution in [3.05, 3.63) is 24.5 Å². The predicted octanol–water partition coefficient (Wildman–Crippen LogP) is 2.89. The van der Waals surface area contributed by atoms with E-state index < -0.39 is 0 Å². The maximum absolute atomic E-state index is 4.89. The summed E-state index contributed by atoms with van der Waals surface area (Å²) in [5, 5.41) is 0. The molecular weight excluding hydrogens is 124 g/mol. The molecule has 0 saturated carbocycles. The number of allylic oxidation sites excluding steroid dienone is 2. The largest absolute Gasteiger partial charge is 0.502 e. The summed E-state index contributed by atoms with van der Waals surface area (Å²) in [6.45, 7) is 8.41. The highest BCUT2D eigenvalue weighted by molar-refractivity contribution is 4.79. The van der Waals surface area contributed by atoms with E-state index in [1.807, 2.05) is 19.9 Å². The van der Waals surface area contributed by atoms with Crippen LogP contribution in [0, 0.1) is 0 Å². The Morgan fingerprint density at radius 1 is 1.50 bits per heavy atom. The van der Waals surface area contributed by atoms with Crippen LogP contribution in [0.2, 0.25) is 0 Å². The molecule has 0 aromatic carbocycles. The summed E-state index contributed by atoms with van der Waals surface area (Å²) in [5.41, 5.74) is 1.17. The monoisotopic (exact) mass is 140 g/mol. The molecule has 1 heterocycles. The van der Waals surface area contributed by atoms with Gasteiger partial charge in [0.25, 0.3) is 0 Å². The molecule has 0 radical (unpaired) electrons. The highest BCUT2D eigenvalue weighted by Gasteiger charge is 1.86. The van der Waals surface area contributed by atoms with E-state index in [4.69, 9.17) is 4.74 Å². The summed E-state index contributed by atoms with van der Waals surface area (Å²) in [4.78, 5) is 0. The Kier molecular flexibility index (Phi) is 5.94. The smallest absolute Gasteiger partial charge is 0.0876 e. The van der Waals surface area contributed by atoms with Gasteiger partial charge in [0.2, 0.25) is 0 Å². The lowest BCUT2D eigenvalue weighted by Gasteiger charge is -2.01. The average Bonchev–Trinajstić information content (AvgIpc) is 1.90. The van der Waals surface area contributed by atoms with Crippen molar-refractivity contribution in [2.45, 2.75) is 26.7 Å². The van der Waals surface area contributed by atoms with Crippen molar-refractivity contribution in [3.63, 3.8) is 0 Å². The second kappa shape index (κ2) is 6.40. The van der Waals surface area contributed by atoms with Gasteiger partial charge in [-0.05, 0) is 32.8 Å². The molecule has 0 aliphatic carbocycles. The maximum atomic E-state index is 4.89. The van der Waals surface area contributed by atoms with Gasteiger partial charge in [0.05, 0.1) is 12.9 Å². The maximum Gasteiger partial charge on any atom is 0.0876 e. The van der Waals surface area contributed by atoms with Crippen LogP contribution >= 0.6 is 0 Å². The Balaban J connectivity index is 0.000000180. The first-order valence-corrected chi connectivity index (χ1v) is 3.62. The van der Waals surface area contributed by atoms with Gasteiger partial charge in [0.15, 0.2) is 0 Å². The van der Waals surface area contributed by atoms with E-state index in [-0.39, 0.29) is 0 Å². The van der Waals surface area contributed by atoms with Crippen molar-refractivity contribution < 1.29 is 4.74 Å². The second-order valence-corrected chi connectivity index (χ2v) is 2.59. The molecule has 58 valence electrons. The zero-order valence-corrected chi connectivity index (χ0v) is 6.89. The Labute approximate surface area is 63.4 Å². The van der Waals surface area contributed by atoms with Crippen LogP contribution in [0.5, 0.6) is 0 Å². The van der Waals surface area contributed by atoms with Gasteiger partial charge in [-0.2, -0.15) is 0 Å². The SMILES string of the molecule is C1=COCCC1.C=C(C)C. The fraction of sp³-hybridized carbons (Fsp3) is 0.556. The number of hydrogen-bond acceptors (Lipinski definition) is 1. The molecule has 1 rings (SSSR count). The zero-order chi connectivity index (χ0) is 7.82. The summed E-state index contributed by atoms with van der Waals surface area (Å²) >= 11 is 0. The Morgan fingerprint density at radius 3 is 2.20 bits per heavy atom. The third-order valence-corrected chi connectivity index (χ3v) is 0.825. The molecule has 0 bridgehead atoms. The normalized spacial score (nSPS) is 14.6. The minimum absolute atomic E-state index is 0.913. The first-order chi connectivity index (χ1) is 4.73. The Hall–Kier alpha value is -0.720. The predicted molar refractivity (Wildman–Crippen MR) is 44.8 cm³/mol. The van der Waals surface area contributed by atoms with Crippen molar-refractivity contribution in [3.8, 4) is 0 Å². The molecule has 0 aromatic rings. The van der Waals surface area contributed by atoms with Crippen LogP contribution in [0.1, 0.15) is 26.7 Å². The molecule has 1 aliphatic rings. The van der Waals surface area contributed by atoms with Gasteiger partial charge < -0.3 is 4.74 Å². The van der Waals surface area contributed by atoms with Crippen LogP contribution in [0.25, 0.3) is 0 Å². The van der Waals surface area contributed by atoms with Crippen molar-refractivity contribution >= 4 is 0 Å². The van der Waals surface area contributed by atoms with Gasteiger partial charge in [0, 0.05) is 0 Å². The molecule has 0 saturated heterocycles. The fourth-order valence-corrected chi connectivity index (χ4v) is 0.489. The molecule has 0 aromatic heterocycles. The van der Waals surface area contributed by atoms with E-state index in [1.165, 1.54) is 18.4 Å². The summed E-state index contributed by atoms with van der Waals surface area (Å²) in [6.07, 6.45) is 6.20. The second-order valence-electron chi connectivity index (χ2n) is 2.59. The molecule has 0 N–H and O–H groups in total. The molecule has 0 amide bonds. The zero-order valence-electron chi connectivity index (χ0n) is 6.89. The lowest BCUT2D eigenvalue weighted by molar-refractivity contribution is 0.231. The van der Waals surface area contributed by atoms with Gasteiger partial charge in [-0.1, -0.05) is 5.57 Å². The lowest BCUT2D eigenvalue weighted by atomic mass is 10.3. The van der Waals surface area contributed by atoms with E-state index >= 15 is 0 Å². The van der Waals surface area contributed by atoms with Crippen LogP contribution in [-0.4, -0.2) is 6.61 Å². The van der Waals surface area contributed by atoms with E-state index in [2.05, 4.69) is 6.58 Å². The van der Waals surface area contributed by atoms with Crippen molar-refractivity contribution in [1.82, 2.24) is 0 Å². The van der Waals surface area contributed by atoms with E-state index in [0.717, 1.165) is 6.61 Å². The van der Waals surface area contributed by atoms with Gasteiger partial charge in [0.1, 0.15) is 0 Å². The number of rotatable bonds is 0. The molecule has 1 heteroatoms. The summed E-state index contributed by atoms with van der Waals surface area (Å²) in [6, 6.07) is 0. The fourth-order valence-electron chi connectivity index (χ4n) is 0.489. The first-order valence-electron chi connectivity index (χ1n) is 3.62. The van der Waals surface area contributed by atoms with Gasteiger partial charge in [-0.25, -0.2) is 0 Å². The van der Waals surface area contributed by atoms with Crippen LogP contribution < -0.4 is 0 Å². The molecule has 0 unspecified atom stereocenters. The minimum Gasteiger partial charge on any atom is -0.502 e. The van der Waals surface area contributed by atoms with Crippen molar-refractivity contribution in [1.29, 1.82) is 0 Å². The van der Waals surface area contributed by atoms with Crippen LogP contribution in [0.4, 0.5) is 0 Å². The quantitative estimate of drug-likeness (QED) is 0.470. The van der Waals surface area contributed by atoms with Crippen LogP contribution in [0.3, 0.4) is 0 Å². The third-order valence-electron chi connectivity index (χ3n) is 0.825. The van der Waals surface area contributed by atoms with Gasteiger partial charge >= 0.3 is 0 Å². The number of hydrogen-bond donors (Lipinski definition) is 0. The molecule has 10 heavy (non-hydrogen) atoms. The number of ether oxygens (including phenoxy) is 1. The molecule has 0 spiro atoms. The van der Waals surface area contributed by atoms with Crippen LogP contribution in [-0.2, 0) is 4.74 Å². The Bertz CT molecular complexity index is 102. The van der Waals surface area contributed by atoms with Crippen molar-refractivity contribution in [2.75, 3.05) is 6.61 Å². The Morgan fingerprint density at radius 2 is 2.10 bits per heavy atom. The molecule has 1 nitrogen and oxygen atoms in total. The van der Waals surface area contributed by atoms with Gasteiger partial charge in [-0.3, -0.25) is 0 Å². The van der Waals surface area contributed by atoms with E-state index in [0.29, 0.717) is 0 Å². The summed E-state index contributed by atoms with van der Waals surface area (Å²) in [7, 11) is 0. The van der Waals surface area contributed by atoms with E-state index in [1.54, 1.807) is 6.26 Å².